The van der Waals surface area contributed by atoms with Crippen LogP contribution in [0.5, 0.6) is 0 Å². The van der Waals surface area contributed by atoms with E-state index in [1.165, 1.54) is 12.4 Å². The van der Waals surface area contributed by atoms with Crippen LogP contribution in [-0.4, -0.2) is 57.7 Å². The molecule has 0 radical (unpaired) electrons. The van der Waals surface area contributed by atoms with Crippen LogP contribution in [0.3, 0.4) is 0 Å². The topological polar surface area (TPSA) is 92.6 Å². The number of rotatable bonds is 3. The molecule has 0 saturated carbocycles. The number of nitrogens with zero attached hydrogens (tertiary/aromatic N) is 3. The summed E-state index contributed by atoms with van der Waals surface area (Å²) < 4.78 is 5.31. The highest BCUT2D eigenvalue weighted by atomic mass is 16.5. The number of aryl methyl sites for hydroxylation is 1. The molecule has 2 rings (SSSR count). The maximum absolute atomic E-state index is 12.2. The molecule has 1 unspecified atom stereocenters. The van der Waals surface area contributed by atoms with Crippen LogP contribution < -0.4 is 0 Å². The predicted octanol–water partition coefficient (Wildman–Crippen LogP) is 0.101. The van der Waals surface area contributed by atoms with E-state index >= 15 is 0 Å². The summed E-state index contributed by atoms with van der Waals surface area (Å²) in [7, 11) is 0. The average Bonchev–Trinajstić information content (AvgIpc) is 2.38. The summed E-state index contributed by atoms with van der Waals surface area (Å²) in [6.07, 6.45) is 2.39. The monoisotopic (exact) mass is 265 g/mol. The standard InChI is InChI=1S/C12H15N3O4/c1-8-5-14-10(6-13-8)12(18)15-2-3-19-9(7-15)4-11(16)17/h5-6,9H,2-4,7H2,1H3,(H,16,17). The van der Waals surface area contributed by atoms with Crippen LogP contribution in [0, 0.1) is 6.92 Å². The first kappa shape index (κ1) is 13.4. The zero-order valence-electron chi connectivity index (χ0n) is 10.6. The molecule has 0 aliphatic carbocycles. The number of carboxylic acid groups (broad SMARTS) is 1. The van der Waals surface area contributed by atoms with Gasteiger partial charge in [0.25, 0.3) is 5.91 Å². The predicted molar refractivity (Wildman–Crippen MR) is 64.7 cm³/mol. The number of morpholine rings is 1. The van der Waals surface area contributed by atoms with Gasteiger partial charge < -0.3 is 14.7 Å². The third-order valence-corrected chi connectivity index (χ3v) is 2.83. The quantitative estimate of drug-likeness (QED) is 0.833. The maximum Gasteiger partial charge on any atom is 0.306 e. The lowest BCUT2D eigenvalue weighted by atomic mass is 10.2. The average molecular weight is 265 g/mol. The van der Waals surface area contributed by atoms with Gasteiger partial charge in [0.2, 0.25) is 0 Å². The summed E-state index contributed by atoms with van der Waals surface area (Å²) in [5.74, 6) is -1.18. The lowest BCUT2D eigenvalue weighted by Gasteiger charge is -2.32. The highest BCUT2D eigenvalue weighted by Gasteiger charge is 2.27. The second kappa shape index (κ2) is 5.75. The van der Waals surface area contributed by atoms with Gasteiger partial charge >= 0.3 is 5.97 Å². The molecule has 1 saturated heterocycles. The normalized spacial score (nSPS) is 19.2. The van der Waals surface area contributed by atoms with Crippen molar-refractivity contribution in [1.82, 2.24) is 14.9 Å². The molecule has 19 heavy (non-hydrogen) atoms. The van der Waals surface area contributed by atoms with Crippen LogP contribution in [-0.2, 0) is 9.53 Å². The van der Waals surface area contributed by atoms with Crippen molar-refractivity contribution in [2.75, 3.05) is 19.7 Å². The molecule has 102 valence electrons. The molecule has 0 spiro atoms. The molecule has 1 aliphatic heterocycles. The van der Waals surface area contributed by atoms with E-state index < -0.39 is 12.1 Å². The molecule has 7 heteroatoms. The van der Waals surface area contributed by atoms with Crippen molar-refractivity contribution in [3.05, 3.63) is 23.8 Å². The van der Waals surface area contributed by atoms with Gasteiger partial charge in [0, 0.05) is 19.3 Å². The Labute approximate surface area is 110 Å². The molecule has 0 aromatic carbocycles. The fourth-order valence-electron chi connectivity index (χ4n) is 1.89. The third-order valence-electron chi connectivity index (χ3n) is 2.83. The number of carbonyl (C=O) groups is 2. The highest BCUT2D eigenvalue weighted by molar-refractivity contribution is 5.92. The summed E-state index contributed by atoms with van der Waals surface area (Å²) >= 11 is 0. The number of amides is 1. The van der Waals surface area contributed by atoms with Crippen molar-refractivity contribution in [3.63, 3.8) is 0 Å². The number of carbonyl (C=O) groups excluding carboxylic acids is 1. The molecule has 2 heterocycles. The smallest absolute Gasteiger partial charge is 0.306 e. The van der Waals surface area contributed by atoms with Crippen LogP contribution in [0.25, 0.3) is 0 Å². The first-order valence-corrected chi connectivity index (χ1v) is 5.97. The first-order valence-electron chi connectivity index (χ1n) is 5.97. The van der Waals surface area contributed by atoms with Crippen LogP contribution in [0.4, 0.5) is 0 Å². The Bertz CT molecular complexity index is 474. The van der Waals surface area contributed by atoms with Crippen LogP contribution >= 0.6 is 0 Å². The van der Waals surface area contributed by atoms with Crippen LogP contribution in [0.2, 0.25) is 0 Å². The van der Waals surface area contributed by atoms with E-state index in [0.717, 1.165) is 5.69 Å². The Morgan fingerprint density at radius 3 is 2.89 bits per heavy atom. The highest BCUT2D eigenvalue weighted by Crippen LogP contribution is 2.11. The molecule has 1 aromatic rings. The van der Waals surface area contributed by atoms with Gasteiger partial charge in [-0.1, -0.05) is 0 Å². The first-order chi connectivity index (χ1) is 9.06. The second-order valence-electron chi connectivity index (χ2n) is 4.38. The molecule has 1 fully saturated rings. The van der Waals surface area contributed by atoms with E-state index in [-0.39, 0.29) is 24.6 Å². The fourth-order valence-corrected chi connectivity index (χ4v) is 1.89. The minimum Gasteiger partial charge on any atom is -0.481 e. The van der Waals surface area contributed by atoms with Gasteiger partial charge in [-0.05, 0) is 6.92 Å². The maximum atomic E-state index is 12.2. The lowest BCUT2D eigenvalue weighted by Crippen LogP contribution is -2.46. The van der Waals surface area contributed by atoms with Crippen LogP contribution in [0.15, 0.2) is 12.4 Å². The van der Waals surface area contributed by atoms with Gasteiger partial charge in [-0.15, -0.1) is 0 Å². The summed E-state index contributed by atoms with van der Waals surface area (Å²) in [5.41, 5.74) is 1.00. The van der Waals surface area contributed by atoms with Crippen LogP contribution in [0.1, 0.15) is 22.6 Å². The number of ether oxygens (including phenoxy) is 1. The molecule has 1 amide bonds. The van der Waals surface area contributed by atoms with Crippen molar-refractivity contribution in [1.29, 1.82) is 0 Å². The molecule has 1 atom stereocenters. The fraction of sp³-hybridized carbons (Fsp3) is 0.500. The zero-order valence-corrected chi connectivity index (χ0v) is 10.6. The van der Waals surface area contributed by atoms with Crippen molar-refractivity contribution in [2.24, 2.45) is 0 Å². The number of carboxylic acids is 1. The van der Waals surface area contributed by atoms with Crippen molar-refractivity contribution in [2.45, 2.75) is 19.4 Å². The van der Waals surface area contributed by atoms with Crippen molar-refractivity contribution >= 4 is 11.9 Å². The number of aliphatic carboxylic acids is 1. The summed E-state index contributed by atoms with van der Waals surface area (Å²) in [4.78, 5) is 32.4. The van der Waals surface area contributed by atoms with Gasteiger partial charge in [0.1, 0.15) is 5.69 Å². The minimum atomic E-state index is -0.936. The Kier molecular flexibility index (Phi) is 4.06. The van der Waals surface area contributed by atoms with Crippen molar-refractivity contribution in [3.8, 4) is 0 Å². The van der Waals surface area contributed by atoms with E-state index in [2.05, 4.69) is 9.97 Å². The van der Waals surface area contributed by atoms with E-state index in [1.807, 2.05) is 0 Å². The molecule has 1 aromatic heterocycles. The second-order valence-corrected chi connectivity index (χ2v) is 4.38. The number of hydrogen-bond donors (Lipinski definition) is 1. The molecule has 7 nitrogen and oxygen atoms in total. The van der Waals surface area contributed by atoms with E-state index in [9.17, 15) is 9.59 Å². The summed E-state index contributed by atoms with van der Waals surface area (Å²) in [6.45, 7) is 2.83. The van der Waals surface area contributed by atoms with Gasteiger partial charge in [0.15, 0.2) is 0 Å². The molecule has 1 aliphatic rings. The molecule has 0 bridgehead atoms. The molecule has 1 N–H and O–H groups in total. The van der Waals surface area contributed by atoms with Gasteiger partial charge in [-0.3, -0.25) is 14.6 Å². The van der Waals surface area contributed by atoms with Crippen molar-refractivity contribution < 1.29 is 19.4 Å². The van der Waals surface area contributed by atoms with E-state index in [1.54, 1.807) is 11.8 Å². The summed E-state index contributed by atoms with van der Waals surface area (Å²) in [6, 6.07) is 0. The SMILES string of the molecule is Cc1cnc(C(=O)N2CCOC(CC(=O)O)C2)cn1. The van der Waals surface area contributed by atoms with Gasteiger partial charge in [-0.2, -0.15) is 0 Å². The molecular formula is C12H15N3O4. The Morgan fingerprint density at radius 1 is 1.47 bits per heavy atom. The molecular weight excluding hydrogens is 250 g/mol. The van der Waals surface area contributed by atoms with E-state index in [0.29, 0.717) is 13.2 Å². The lowest BCUT2D eigenvalue weighted by molar-refractivity contribution is -0.141. The summed E-state index contributed by atoms with van der Waals surface area (Å²) in [5, 5.41) is 8.73. The number of aromatic nitrogens is 2. The van der Waals surface area contributed by atoms with Gasteiger partial charge in [-0.25, -0.2) is 4.98 Å². The van der Waals surface area contributed by atoms with E-state index in [4.69, 9.17) is 9.84 Å². The minimum absolute atomic E-state index is 0.108. The Balaban J connectivity index is 2.02. The zero-order chi connectivity index (χ0) is 13.8. The third kappa shape index (κ3) is 3.47. The largest absolute Gasteiger partial charge is 0.481 e. The Morgan fingerprint density at radius 2 is 2.26 bits per heavy atom. The van der Waals surface area contributed by atoms with Gasteiger partial charge in [0.05, 0.1) is 31.0 Å². The Hall–Kier alpha value is -2.02. The number of hydrogen-bond acceptors (Lipinski definition) is 5.